The lowest BCUT2D eigenvalue weighted by Gasteiger charge is -2.30. The second-order valence-electron chi connectivity index (χ2n) is 9.37. The van der Waals surface area contributed by atoms with Crippen LogP contribution in [0, 0.1) is 5.92 Å². The lowest BCUT2D eigenvalue weighted by Crippen LogP contribution is -2.37. The Morgan fingerprint density at radius 1 is 0.788 bits per heavy atom. The quantitative estimate of drug-likeness (QED) is 0.375. The molecule has 3 nitrogen and oxygen atoms in total. The van der Waals surface area contributed by atoms with Gasteiger partial charge in [0.15, 0.2) is 0 Å². The van der Waals surface area contributed by atoms with Gasteiger partial charge in [0.25, 0.3) is 0 Å². The molecule has 1 aliphatic rings. The van der Waals surface area contributed by atoms with Crippen LogP contribution < -0.4 is 10.1 Å². The van der Waals surface area contributed by atoms with Gasteiger partial charge >= 0.3 is 0 Å². The second kappa shape index (κ2) is 12.6. The summed E-state index contributed by atoms with van der Waals surface area (Å²) in [6, 6.07) is 29.8. The third-order valence-electron chi connectivity index (χ3n) is 6.99. The zero-order valence-corrected chi connectivity index (χ0v) is 19.5. The van der Waals surface area contributed by atoms with Crippen molar-refractivity contribution in [2.24, 2.45) is 5.92 Å². The highest BCUT2D eigenvalue weighted by molar-refractivity contribution is 5.30. The summed E-state index contributed by atoms with van der Waals surface area (Å²) in [5.74, 6) is 2.29. The van der Waals surface area contributed by atoms with Crippen molar-refractivity contribution in [1.29, 1.82) is 0 Å². The van der Waals surface area contributed by atoms with Crippen molar-refractivity contribution in [1.82, 2.24) is 5.32 Å². The van der Waals surface area contributed by atoms with E-state index in [9.17, 15) is 5.11 Å². The molecule has 3 heteroatoms. The summed E-state index contributed by atoms with van der Waals surface area (Å²) >= 11 is 0. The minimum atomic E-state index is 0.186. The molecule has 1 atom stereocenters. The van der Waals surface area contributed by atoms with Gasteiger partial charge in [0, 0.05) is 6.04 Å². The Kier molecular flexibility index (Phi) is 8.97. The van der Waals surface area contributed by atoms with E-state index >= 15 is 0 Å². The molecule has 4 rings (SSSR count). The van der Waals surface area contributed by atoms with Crippen LogP contribution in [0.3, 0.4) is 0 Å². The first-order valence-electron chi connectivity index (χ1n) is 12.4. The summed E-state index contributed by atoms with van der Waals surface area (Å²) in [7, 11) is 0. The Hall–Kier alpha value is -2.62. The molecule has 0 radical (unpaired) electrons. The molecule has 3 aromatic carbocycles. The van der Waals surface area contributed by atoms with E-state index in [0.29, 0.717) is 18.4 Å². The van der Waals surface area contributed by atoms with Gasteiger partial charge in [-0.25, -0.2) is 0 Å². The van der Waals surface area contributed by atoms with Crippen LogP contribution in [0.25, 0.3) is 0 Å². The van der Waals surface area contributed by atoms with Crippen LogP contribution in [0.4, 0.5) is 0 Å². The number of benzene rings is 3. The fourth-order valence-electron chi connectivity index (χ4n) is 4.85. The van der Waals surface area contributed by atoms with Crippen LogP contribution in [-0.2, 0) is 13.0 Å². The third kappa shape index (κ3) is 7.45. The number of hydrogen-bond donors (Lipinski definition) is 2. The van der Waals surface area contributed by atoms with Crippen molar-refractivity contribution in [3.8, 4) is 5.75 Å². The number of rotatable bonds is 11. The summed E-state index contributed by atoms with van der Waals surface area (Å²) in [6.45, 7) is 1.83. The summed E-state index contributed by atoms with van der Waals surface area (Å²) in [6.07, 6.45) is 6.97. The van der Waals surface area contributed by atoms with E-state index in [4.69, 9.17) is 4.74 Å². The summed E-state index contributed by atoms with van der Waals surface area (Å²) in [4.78, 5) is 0. The van der Waals surface area contributed by atoms with Crippen LogP contribution in [0.5, 0.6) is 5.75 Å². The topological polar surface area (TPSA) is 41.5 Å². The molecule has 0 saturated heterocycles. The number of hydrogen-bond acceptors (Lipinski definition) is 3. The SMILES string of the molecule is OCC(CCc1ccccc1)NC[C@H]1CC[C@H](c2ccc(OCc3ccccc3)cc2)CC1. The van der Waals surface area contributed by atoms with Crippen molar-refractivity contribution in [2.45, 2.75) is 57.1 Å². The van der Waals surface area contributed by atoms with Gasteiger partial charge in [-0.2, -0.15) is 0 Å². The molecule has 0 aromatic heterocycles. The van der Waals surface area contributed by atoms with Crippen LogP contribution in [-0.4, -0.2) is 24.3 Å². The molecule has 0 amide bonds. The maximum absolute atomic E-state index is 9.78. The molecule has 3 aromatic rings. The standard InChI is InChI=1S/C30H37NO2/c32-22-29(18-13-24-7-3-1-4-8-24)31-21-25-11-14-27(15-12-25)28-16-19-30(20-17-28)33-23-26-9-5-2-6-10-26/h1-10,16-17,19-20,25,27,29,31-32H,11-15,18,21-23H2/t25-,27-,29?. The van der Waals surface area contributed by atoms with Crippen molar-refractivity contribution < 1.29 is 9.84 Å². The summed E-state index contributed by atoms with van der Waals surface area (Å²) < 4.78 is 5.94. The third-order valence-corrected chi connectivity index (χ3v) is 6.99. The zero-order valence-electron chi connectivity index (χ0n) is 19.5. The van der Waals surface area contributed by atoms with Gasteiger partial charge in [0.1, 0.15) is 12.4 Å². The number of aryl methyl sites for hydroxylation is 1. The first-order chi connectivity index (χ1) is 16.3. The molecule has 0 heterocycles. The van der Waals surface area contributed by atoms with E-state index in [1.165, 1.54) is 42.4 Å². The average molecular weight is 444 g/mol. The van der Waals surface area contributed by atoms with Crippen molar-refractivity contribution in [2.75, 3.05) is 13.2 Å². The van der Waals surface area contributed by atoms with Gasteiger partial charge in [-0.1, -0.05) is 72.8 Å². The van der Waals surface area contributed by atoms with E-state index in [1.807, 2.05) is 18.2 Å². The number of aliphatic hydroxyl groups excluding tert-OH is 1. The Labute approximate surface area is 198 Å². The van der Waals surface area contributed by atoms with E-state index < -0.39 is 0 Å². The van der Waals surface area contributed by atoms with Gasteiger partial charge in [-0.05, 0) is 85.7 Å². The van der Waals surface area contributed by atoms with Gasteiger partial charge in [0.05, 0.1) is 6.61 Å². The Bertz CT molecular complexity index is 919. The van der Waals surface area contributed by atoms with Crippen molar-refractivity contribution in [3.63, 3.8) is 0 Å². The predicted molar refractivity (Wildman–Crippen MR) is 136 cm³/mol. The molecule has 0 spiro atoms. The molecular weight excluding hydrogens is 406 g/mol. The molecule has 0 aliphatic heterocycles. The smallest absolute Gasteiger partial charge is 0.119 e. The van der Waals surface area contributed by atoms with Crippen molar-refractivity contribution >= 4 is 0 Å². The largest absolute Gasteiger partial charge is 0.489 e. The highest BCUT2D eigenvalue weighted by Crippen LogP contribution is 2.36. The molecular formula is C30H37NO2. The van der Waals surface area contributed by atoms with E-state index in [-0.39, 0.29) is 12.6 Å². The fourth-order valence-corrected chi connectivity index (χ4v) is 4.85. The van der Waals surface area contributed by atoms with Crippen LogP contribution in [0.15, 0.2) is 84.9 Å². The lowest BCUT2D eigenvalue weighted by molar-refractivity contribution is 0.220. The summed E-state index contributed by atoms with van der Waals surface area (Å²) in [5.41, 5.74) is 3.97. The van der Waals surface area contributed by atoms with Gasteiger partial charge < -0.3 is 15.2 Å². The molecule has 1 unspecified atom stereocenters. The number of nitrogens with one attached hydrogen (secondary N) is 1. The normalized spacial score (nSPS) is 19.2. The minimum Gasteiger partial charge on any atom is -0.489 e. The highest BCUT2D eigenvalue weighted by Gasteiger charge is 2.23. The molecule has 1 fully saturated rings. The van der Waals surface area contributed by atoms with E-state index in [0.717, 1.165) is 25.1 Å². The maximum atomic E-state index is 9.78. The molecule has 1 aliphatic carbocycles. The van der Waals surface area contributed by atoms with Crippen LogP contribution in [0.1, 0.15) is 54.7 Å². The second-order valence-corrected chi connectivity index (χ2v) is 9.37. The van der Waals surface area contributed by atoms with Gasteiger partial charge in [-0.3, -0.25) is 0 Å². The molecule has 1 saturated carbocycles. The molecule has 174 valence electrons. The molecule has 2 N–H and O–H groups in total. The summed E-state index contributed by atoms with van der Waals surface area (Å²) in [5, 5.41) is 13.4. The molecule has 33 heavy (non-hydrogen) atoms. The van der Waals surface area contributed by atoms with Gasteiger partial charge in [-0.15, -0.1) is 0 Å². The molecule has 0 bridgehead atoms. The zero-order chi connectivity index (χ0) is 22.7. The monoisotopic (exact) mass is 443 g/mol. The highest BCUT2D eigenvalue weighted by atomic mass is 16.5. The first-order valence-corrected chi connectivity index (χ1v) is 12.4. The first kappa shape index (κ1) is 23.5. The number of ether oxygens (including phenoxy) is 1. The van der Waals surface area contributed by atoms with Gasteiger partial charge in [0.2, 0.25) is 0 Å². The Balaban J connectivity index is 1.17. The van der Waals surface area contributed by atoms with Crippen LogP contribution >= 0.6 is 0 Å². The Morgan fingerprint density at radius 2 is 1.42 bits per heavy atom. The Morgan fingerprint density at radius 3 is 2.06 bits per heavy atom. The predicted octanol–water partition coefficient (Wildman–Crippen LogP) is 6.12. The van der Waals surface area contributed by atoms with Crippen molar-refractivity contribution in [3.05, 3.63) is 102 Å². The number of aliphatic hydroxyl groups is 1. The van der Waals surface area contributed by atoms with Crippen LogP contribution in [0.2, 0.25) is 0 Å². The van der Waals surface area contributed by atoms with E-state index in [1.54, 1.807) is 0 Å². The lowest BCUT2D eigenvalue weighted by atomic mass is 9.78. The minimum absolute atomic E-state index is 0.186. The maximum Gasteiger partial charge on any atom is 0.119 e. The van der Waals surface area contributed by atoms with E-state index in [2.05, 4.69) is 72.0 Å². The average Bonchev–Trinajstić information content (AvgIpc) is 2.89. The fraction of sp³-hybridized carbons (Fsp3) is 0.400.